The second-order valence-corrected chi connectivity index (χ2v) is 7.60. The van der Waals surface area contributed by atoms with E-state index in [4.69, 9.17) is 5.41 Å². The fraction of sp³-hybridized carbons (Fsp3) is 0.200. The van der Waals surface area contributed by atoms with Crippen LogP contribution in [0.25, 0.3) is 0 Å². The molecular formula is C25H24N4O2. The van der Waals surface area contributed by atoms with Gasteiger partial charge in [0.1, 0.15) is 0 Å². The summed E-state index contributed by atoms with van der Waals surface area (Å²) in [5.41, 5.74) is 4.55. The Hall–Kier alpha value is -3.80. The molecule has 0 unspecified atom stereocenters. The normalized spacial score (nSPS) is 13.3. The third-order valence-electron chi connectivity index (χ3n) is 5.33. The van der Waals surface area contributed by atoms with E-state index in [1.807, 2.05) is 65.6 Å². The fourth-order valence-electron chi connectivity index (χ4n) is 3.67. The first-order valence-electron chi connectivity index (χ1n) is 10.3. The van der Waals surface area contributed by atoms with Crippen molar-refractivity contribution in [1.29, 1.82) is 5.41 Å². The van der Waals surface area contributed by atoms with Crippen LogP contribution in [-0.4, -0.2) is 35.6 Å². The highest BCUT2D eigenvalue weighted by molar-refractivity contribution is 6.03. The third kappa shape index (κ3) is 5.04. The van der Waals surface area contributed by atoms with Crippen LogP contribution < -0.4 is 10.2 Å². The lowest BCUT2D eigenvalue weighted by molar-refractivity contribution is -0.117. The van der Waals surface area contributed by atoms with Gasteiger partial charge in [0.05, 0.1) is 17.8 Å². The molecule has 1 aromatic heterocycles. The summed E-state index contributed by atoms with van der Waals surface area (Å²) in [5.74, 6) is -0.0751. The Balaban J connectivity index is 1.37. The molecule has 2 N–H and O–H groups in total. The van der Waals surface area contributed by atoms with Crippen molar-refractivity contribution in [2.24, 2.45) is 0 Å². The quantitative estimate of drug-likeness (QED) is 0.582. The van der Waals surface area contributed by atoms with E-state index in [9.17, 15) is 9.59 Å². The summed E-state index contributed by atoms with van der Waals surface area (Å²) >= 11 is 0. The molecule has 1 fully saturated rings. The first-order chi connectivity index (χ1) is 15.1. The molecule has 2 amide bonds. The average molecular weight is 412 g/mol. The Morgan fingerprint density at radius 1 is 1.00 bits per heavy atom. The van der Waals surface area contributed by atoms with E-state index in [0.717, 1.165) is 35.3 Å². The predicted octanol–water partition coefficient (Wildman–Crippen LogP) is 3.60. The molecule has 6 heteroatoms. The number of hydrogen-bond donors (Lipinski definition) is 2. The highest BCUT2D eigenvalue weighted by Gasteiger charge is 2.21. The molecule has 0 bridgehead atoms. The lowest BCUT2D eigenvalue weighted by Crippen LogP contribution is -2.29. The van der Waals surface area contributed by atoms with E-state index in [2.05, 4.69) is 10.3 Å². The Kier molecular flexibility index (Phi) is 6.17. The summed E-state index contributed by atoms with van der Waals surface area (Å²) in [5, 5.41) is 10.9. The first-order valence-corrected chi connectivity index (χ1v) is 10.3. The zero-order valence-corrected chi connectivity index (χ0v) is 17.2. The maximum atomic E-state index is 12.5. The van der Waals surface area contributed by atoms with Crippen molar-refractivity contribution in [3.63, 3.8) is 0 Å². The molecule has 1 aliphatic heterocycles. The van der Waals surface area contributed by atoms with Gasteiger partial charge in [-0.1, -0.05) is 42.5 Å². The fourth-order valence-corrected chi connectivity index (χ4v) is 3.67. The standard InChI is InChI=1S/C25H24N4O2/c26-23(20-5-2-1-3-6-20)17-28-25(31)21-14-19(15-27-16-21)13-18-8-10-22(11-9-18)29-12-4-7-24(29)30/h1-3,5-6,8-11,14-16,26H,4,7,12-13,17H2,(H,28,31). The molecule has 156 valence electrons. The molecule has 0 aliphatic carbocycles. The van der Waals surface area contributed by atoms with E-state index in [1.54, 1.807) is 6.20 Å². The summed E-state index contributed by atoms with van der Waals surface area (Å²) in [4.78, 5) is 30.4. The number of rotatable bonds is 7. The molecule has 6 nitrogen and oxygen atoms in total. The van der Waals surface area contributed by atoms with Gasteiger partial charge in [0.25, 0.3) is 5.91 Å². The maximum Gasteiger partial charge on any atom is 0.253 e. The topological polar surface area (TPSA) is 86.2 Å². The minimum absolute atomic E-state index is 0.157. The van der Waals surface area contributed by atoms with E-state index < -0.39 is 0 Å². The van der Waals surface area contributed by atoms with Gasteiger partial charge in [-0.05, 0) is 47.7 Å². The van der Waals surface area contributed by atoms with E-state index >= 15 is 0 Å². The number of benzene rings is 2. The molecule has 0 radical (unpaired) electrons. The van der Waals surface area contributed by atoms with Gasteiger partial charge in [-0.2, -0.15) is 0 Å². The van der Waals surface area contributed by atoms with Crippen LogP contribution >= 0.6 is 0 Å². The molecule has 0 saturated carbocycles. The molecule has 1 saturated heterocycles. The van der Waals surface area contributed by atoms with Gasteiger partial charge in [0.2, 0.25) is 5.91 Å². The molecule has 2 aromatic carbocycles. The SMILES string of the molecule is N=C(CNC(=O)c1cncc(Cc2ccc(N3CCCC3=O)cc2)c1)c1ccccc1. The molecular weight excluding hydrogens is 388 g/mol. The van der Waals surface area contributed by atoms with Crippen LogP contribution in [0.4, 0.5) is 5.69 Å². The van der Waals surface area contributed by atoms with Gasteiger partial charge < -0.3 is 15.6 Å². The van der Waals surface area contributed by atoms with Gasteiger partial charge in [0.15, 0.2) is 0 Å². The minimum Gasteiger partial charge on any atom is -0.346 e. The van der Waals surface area contributed by atoms with Gasteiger partial charge in [-0.3, -0.25) is 14.6 Å². The molecule has 4 rings (SSSR count). The Bertz CT molecular complexity index is 1090. The van der Waals surface area contributed by atoms with Crippen LogP contribution in [-0.2, 0) is 11.2 Å². The smallest absolute Gasteiger partial charge is 0.253 e. The summed E-state index contributed by atoms with van der Waals surface area (Å²) in [6.07, 6.45) is 5.45. The van der Waals surface area contributed by atoms with Crippen LogP contribution in [0.15, 0.2) is 73.1 Å². The lowest BCUT2D eigenvalue weighted by atomic mass is 10.0. The van der Waals surface area contributed by atoms with Crippen molar-refractivity contribution in [3.8, 4) is 0 Å². The number of amides is 2. The van der Waals surface area contributed by atoms with Crippen molar-refractivity contribution >= 4 is 23.2 Å². The first kappa shape index (κ1) is 20.5. The number of aromatic nitrogens is 1. The molecule has 3 aromatic rings. The number of pyridine rings is 1. The van der Waals surface area contributed by atoms with Gasteiger partial charge >= 0.3 is 0 Å². The van der Waals surface area contributed by atoms with Crippen molar-refractivity contribution in [2.45, 2.75) is 19.3 Å². The van der Waals surface area contributed by atoms with Gasteiger partial charge in [0, 0.05) is 31.0 Å². The number of carbonyl (C=O) groups excluding carboxylic acids is 2. The predicted molar refractivity (Wildman–Crippen MR) is 121 cm³/mol. The van der Waals surface area contributed by atoms with Crippen LogP contribution in [0.1, 0.15) is 39.9 Å². The van der Waals surface area contributed by atoms with Crippen LogP contribution in [0.5, 0.6) is 0 Å². The summed E-state index contributed by atoms with van der Waals surface area (Å²) in [6, 6.07) is 19.1. The van der Waals surface area contributed by atoms with Crippen LogP contribution in [0.2, 0.25) is 0 Å². The van der Waals surface area contributed by atoms with Crippen molar-refractivity contribution < 1.29 is 9.59 Å². The van der Waals surface area contributed by atoms with Crippen molar-refractivity contribution in [3.05, 3.63) is 95.3 Å². The zero-order chi connectivity index (χ0) is 21.6. The molecule has 2 heterocycles. The van der Waals surface area contributed by atoms with Gasteiger partial charge in [-0.15, -0.1) is 0 Å². The zero-order valence-electron chi connectivity index (χ0n) is 17.2. The lowest BCUT2D eigenvalue weighted by Gasteiger charge is -2.16. The number of carbonyl (C=O) groups is 2. The largest absolute Gasteiger partial charge is 0.346 e. The molecule has 0 spiro atoms. The van der Waals surface area contributed by atoms with Crippen molar-refractivity contribution in [2.75, 3.05) is 18.0 Å². The molecule has 1 aliphatic rings. The van der Waals surface area contributed by atoms with E-state index in [1.165, 1.54) is 6.20 Å². The number of hydrogen-bond acceptors (Lipinski definition) is 4. The second kappa shape index (κ2) is 9.34. The van der Waals surface area contributed by atoms with Gasteiger partial charge in [-0.25, -0.2) is 0 Å². The molecule has 31 heavy (non-hydrogen) atoms. The second-order valence-electron chi connectivity index (χ2n) is 7.60. The third-order valence-corrected chi connectivity index (χ3v) is 5.33. The van der Waals surface area contributed by atoms with E-state index in [0.29, 0.717) is 24.1 Å². The van der Waals surface area contributed by atoms with Crippen LogP contribution in [0.3, 0.4) is 0 Å². The summed E-state index contributed by atoms with van der Waals surface area (Å²) < 4.78 is 0. The van der Waals surface area contributed by atoms with Crippen LogP contribution in [0, 0.1) is 5.41 Å². The molecule has 0 atom stereocenters. The number of nitrogens with one attached hydrogen (secondary N) is 2. The average Bonchev–Trinajstić information content (AvgIpc) is 3.24. The summed E-state index contributed by atoms with van der Waals surface area (Å²) in [6.45, 7) is 0.935. The maximum absolute atomic E-state index is 12.5. The number of anilines is 1. The highest BCUT2D eigenvalue weighted by atomic mass is 16.2. The number of nitrogens with zero attached hydrogens (tertiary/aromatic N) is 2. The monoisotopic (exact) mass is 412 g/mol. The van der Waals surface area contributed by atoms with E-state index in [-0.39, 0.29) is 18.4 Å². The minimum atomic E-state index is -0.252. The van der Waals surface area contributed by atoms with Crippen molar-refractivity contribution in [1.82, 2.24) is 10.3 Å². The Labute approximate surface area is 181 Å². The Morgan fingerprint density at radius 3 is 2.48 bits per heavy atom. The highest BCUT2D eigenvalue weighted by Crippen LogP contribution is 2.22. The Morgan fingerprint density at radius 2 is 1.77 bits per heavy atom. The summed E-state index contributed by atoms with van der Waals surface area (Å²) in [7, 11) is 0.